The molecule has 1 aliphatic carbocycles. The largest absolute Gasteiger partial charge is 0.469 e. The molecule has 1 fully saturated rings. The number of unbranched alkanes of at least 4 members (excludes halogenated alkanes) is 3. The standard InChI is InChI=1S/C23H38O5/c1-5-6-9-12-17(24)15-16-19-18(21(26)23(2,3)22(19)27)13-10-7-8-11-14-20(25)28-4/h17-19,22,24,27H,5-6,8-9,11-16H2,1-4H3/t17-,18+,19+,22-/m0/s1. The highest BCUT2D eigenvalue weighted by Gasteiger charge is 2.53. The number of ketones is 1. The maximum Gasteiger partial charge on any atom is 0.305 e. The summed E-state index contributed by atoms with van der Waals surface area (Å²) in [6.07, 6.45) is 6.19. The van der Waals surface area contributed by atoms with Crippen LogP contribution >= 0.6 is 0 Å². The Hall–Kier alpha value is -1.38. The second-order valence-corrected chi connectivity index (χ2v) is 8.52. The van der Waals surface area contributed by atoms with Crippen molar-refractivity contribution in [3.8, 4) is 11.8 Å². The van der Waals surface area contributed by atoms with Gasteiger partial charge in [0, 0.05) is 30.6 Å². The predicted molar refractivity (Wildman–Crippen MR) is 109 cm³/mol. The Morgan fingerprint density at radius 1 is 1.21 bits per heavy atom. The minimum atomic E-state index is -0.769. The van der Waals surface area contributed by atoms with Gasteiger partial charge in [-0.2, -0.15) is 0 Å². The summed E-state index contributed by atoms with van der Waals surface area (Å²) in [6.45, 7) is 5.74. The van der Waals surface area contributed by atoms with Gasteiger partial charge in [0.25, 0.3) is 0 Å². The minimum Gasteiger partial charge on any atom is -0.469 e. The summed E-state index contributed by atoms with van der Waals surface area (Å²) in [6, 6.07) is 0. The molecule has 0 unspecified atom stereocenters. The van der Waals surface area contributed by atoms with Gasteiger partial charge in [-0.25, -0.2) is 0 Å². The molecule has 160 valence electrons. The summed E-state index contributed by atoms with van der Waals surface area (Å²) in [4.78, 5) is 23.9. The van der Waals surface area contributed by atoms with Crippen LogP contribution in [-0.2, 0) is 14.3 Å². The topological polar surface area (TPSA) is 83.8 Å². The lowest BCUT2D eigenvalue weighted by molar-refractivity contribution is -0.140. The SMILES string of the molecule is CCCCC[C@H](O)CC[C@@H]1[C@@H](CC#CCCCC(=O)OC)C(=O)C(C)(C)[C@H]1O. The Bertz CT molecular complexity index is 557. The average molecular weight is 395 g/mol. The van der Waals surface area contributed by atoms with Crippen LogP contribution in [0, 0.1) is 29.1 Å². The molecule has 5 nitrogen and oxygen atoms in total. The van der Waals surface area contributed by atoms with E-state index in [0.29, 0.717) is 38.5 Å². The molecule has 2 N–H and O–H groups in total. The van der Waals surface area contributed by atoms with E-state index in [-0.39, 0.29) is 29.7 Å². The van der Waals surface area contributed by atoms with Crippen molar-refractivity contribution in [2.75, 3.05) is 7.11 Å². The molecular weight excluding hydrogens is 356 g/mol. The highest BCUT2D eigenvalue weighted by atomic mass is 16.5. The molecule has 28 heavy (non-hydrogen) atoms. The van der Waals surface area contributed by atoms with E-state index in [1.165, 1.54) is 7.11 Å². The van der Waals surface area contributed by atoms with Crippen molar-refractivity contribution in [3.63, 3.8) is 0 Å². The van der Waals surface area contributed by atoms with Crippen LogP contribution in [0.15, 0.2) is 0 Å². The van der Waals surface area contributed by atoms with E-state index in [4.69, 9.17) is 0 Å². The lowest BCUT2D eigenvalue weighted by Gasteiger charge is -2.25. The van der Waals surface area contributed by atoms with Crippen LogP contribution in [-0.4, -0.2) is 41.3 Å². The highest BCUT2D eigenvalue weighted by Crippen LogP contribution is 2.45. The lowest BCUT2D eigenvalue weighted by atomic mass is 9.85. The molecule has 0 radical (unpaired) electrons. The van der Waals surface area contributed by atoms with Crippen LogP contribution in [0.25, 0.3) is 0 Å². The normalized spacial score (nSPS) is 24.5. The predicted octanol–water partition coefficient (Wildman–Crippen LogP) is 3.65. The molecule has 0 bridgehead atoms. The number of methoxy groups -OCH3 is 1. The van der Waals surface area contributed by atoms with Crippen molar-refractivity contribution >= 4 is 11.8 Å². The molecule has 0 heterocycles. The molecule has 0 aliphatic heterocycles. The molecule has 0 aromatic rings. The quantitative estimate of drug-likeness (QED) is 0.317. The third-order valence-corrected chi connectivity index (χ3v) is 5.97. The second-order valence-electron chi connectivity index (χ2n) is 8.52. The van der Waals surface area contributed by atoms with Crippen molar-refractivity contribution in [2.45, 2.75) is 97.2 Å². The van der Waals surface area contributed by atoms with E-state index in [2.05, 4.69) is 23.5 Å². The van der Waals surface area contributed by atoms with Gasteiger partial charge >= 0.3 is 5.97 Å². The van der Waals surface area contributed by atoms with Crippen LogP contribution in [0.5, 0.6) is 0 Å². The van der Waals surface area contributed by atoms with Crippen LogP contribution < -0.4 is 0 Å². The smallest absolute Gasteiger partial charge is 0.305 e. The number of hydrogen-bond donors (Lipinski definition) is 2. The number of aliphatic hydroxyl groups is 2. The van der Waals surface area contributed by atoms with Crippen LogP contribution in [0.2, 0.25) is 0 Å². The van der Waals surface area contributed by atoms with Gasteiger partial charge in [0.15, 0.2) is 0 Å². The minimum absolute atomic E-state index is 0.0642. The number of carbonyl (C=O) groups is 2. The van der Waals surface area contributed by atoms with Crippen molar-refractivity contribution in [3.05, 3.63) is 0 Å². The van der Waals surface area contributed by atoms with Crippen molar-refractivity contribution in [1.82, 2.24) is 0 Å². The number of aliphatic hydroxyl groups excluding tert-OH is 2. The molecule has 1 saturated carbocycles. The molecule has 0 aromatic carbocycles. The van der Waals surface area contributed by atoms with Crippen LogP contribution in [0.1, 0.15) is 85.0 Å². The van der Waals surface area contributed by atoms with Crippen molar-refractivity contribution in [2.24, 2.45) is 17.3 Å². The Labute approximate surface area is 170 Å². The number of Topliss-reactive ketones (excluding diaryl/α,β-unsaturated/α-hetero) is 1. The Kier molecular flexibility index (Phi) is 10.8. The zero-order chi connectivity index (χ0) is 21.2. The number of carbonyl (C=O) groups excluding carboxylic acids is 2. The van der Waals surface area contributed by atoms with Gasteiger partial charge in [-0.05, 0) is 31.6 Å². The molecule has 1 aliphatic rings. The Morgan fingerprint density at radius 3 is 2.57 bits per heavy atom. The highest BCUT2D eigenvalue weighted by molar-refractivity contribution is 5.90. The summed E-state index contributed by atoms with van der Waals surface area (Å²) in [5, 5.41) is 20.9. The van der Waals surface area contributed by atoms with E-state index < -0.39 is 11.5 Å². The second kappa shape index (κ2) is 12.2. The number of esters is 1. The summed E-state index contributed by atoms with van der Waals surface area (Å²) >= 11 is 0. The van der Waals surface area contributed by atoms with E-state index >= 15 is 0 Å². The third-order valence-electron chi connectivity index (χ3n) is 5.97. The van der Waals surface area contributed by atoms with Gasteiger partial charge in [0.2, 0.25) is 0 Å². The molecule has 0 spiro atoms. The van der Waals surface area contributed by atoms with Crippen molar-refractivity contribution < 1.29 is 24.5 Å². The fourth-order valence-electron chi connectivity index (χ4n) is 4.03. The zero-order valence-corrected chi connectivity index (χ0v) is 18.0. The van der Waals surface area contributed by atoms with E-state index in [1.807, 2.05) is 0 Å². The number of rotatable bonds is 11. The number of hydrogen-bond acceptors (Lipinski definition) is 5. The first-order valence-electron chi connectivity index (χ1n) is 10.7. The average Bonchev–Trinajstić information content (AvgIpc) is 2.82. The van der Waals surface area contributed by atoms with E-state index in [0.717, 1.165) is 25.7 Å². The lowest BCUT2D eigenvalue weighted by Crippen LogP contribution is -2.32. The molecule has 0 saturated heterocycles. The monoisotopic (exact) mass is 394 g/mol. The van der Waals surface area contributed by atoms with Gasteiger partial charge < -0.3 is 14.9 Å². The first kappa shape index (κ1) is 24.7. The summed E-state index contributed by atoms with van der Waals surface area (Å²) in [5.74, 6) is 5.48. The van der Waals surface area contributed by atoms with E-state index in [9.17, 15) is 19.8 Å². The fraction of sp³-hybridized carbons (Fsp3) is 0.826. The molecular formula is C23H38O5. The van der Waals surface area contributed by atoms with Crippen LogP contribution in [0.3, 0.4) is 0 Å². The third kappa shape index (κ3) is 7.22. The molecule has 0 aromatic heterocycles. The maximum absolute atomic E-state index is 12.8. The van der Waals surface area contributed by atoms with Crippen molar-refractivity contribution in [1.29, 1.82) is 0 Å². The first-order valence-corrected chi connectivity index (χ1v) is 10.7. The van der Waals surface area contributed by atoms with Gasteiger partial charge in [-0.15, -0.1) is 11.8 Å². The van der Waals surface area contributed by atoms with Crippen LogP contribution in [0.4, 0.5) is 0 Å². The summed E-state index contributed by atoms with van der Waals surface area (Å²) in [7, 11) is 1.37. The maximum atomic E-state index is 12.8. The molecule has 5 heteroatoms. The molecule has 4 atom stereocenters. The Balaban J connectivity index is 2.59. The number of ether oxygens (including phenoxy) is 1. The van der Waals surface area contributed by atoms with Gasteiger partial charge in [0.05, 0.1) is 19.3 Å². The molecule has 0 amide bonds. The first-order chi connectivity index (χ1) is 13.3. The van der Waals surface area contributed by atoms with E-state index in [1.54, 1.807) is 13.8 Å². The summed E-state index contributed by atoms with van der Waals surface area (Å²) < 4.78 is 4.60. The fourth-order valence-corrected chi connectivity index (χ4v) is 4.03. The zero-order valence-electron chi connectivity index (χ0n) is 18.0. The molecule has 1 rings (SSSR count). The van der Waals surface area contributed by atoms with Gasteiger partial charge in [0.1, 0.15) is 5.78 Å². The van der Waals surface area contributed by atoms with Gasteiger partial charge in [-0.1, -0.05) is 40.0 Å². The Morgan fingerprint density at radius 2 is 1.93 bits per heavy atom. The van der Waals surface area contributed by atoms with Gasteiger partial charge in [-0.3, -0.25) is 9.59 Å². The summed E-state index contributed by atoms with van der Waals surface area (Å²) in [5.41, 5.74) is -0.769.